The van der Waals surface area contributed by atoms with E-state index in [0.29, 0.717) is 0 Å². The van der Waals surface area contributed by atoms with Gasteiger partial charge >= 0.3 is 6.18 Å². The van der Waals surface area contributed by atoms with Gasteiger partial charge in [0, 0.05) is 6.04 Å². The van der Waals surface area contributed by atoms with E-state index in [4.69, 9.17) is 5.73 Å². The molecule has 0 spiro atoms. The first kappa shape index (κ1) is 11.5. The smallest absolute Gasteiger partial charge is 0.327 e. The van der Waals surface area contributed by atoms with Crippen molar-refractivity contribution in [3.63, 3.8) is 0 Å². The summed E-state index contributed by atoms with van der Waals surface area (Å²) in [6.07, 6.45) is -1.47. The minimum atomic E-state index is -4.27. The molecule has 2 N–H and O–H groups in total. The van der Waals surface area contributed by atoms with Gasteiger partial charge in [-0.2, -0.15) is 13.2 Å². The maximum absolute atomic E-state index is 12.5. The van der Waals surface area contributed by atoms with Gasteiger partial charge in [-0.1, -0.05) is 24.6 Å². The van der Waals surface area contributed by atoms with E-state index in [0.717, 1.165) is 30.9 Å². The topological polar surface area (TPSA) is 26.0 Å². The number of benzene rings is 1. The molecule has 0 radical (unpaired) electrons. The summed E-state index contributed by atoms with van der Waals surface area (Å²) in [7, 11) is 0. The van der Waals surface area contributed by atoms with Crippen LogP contribution in [0.15, 0.2) is 24.3 Å². The Morgan fingerprint density at radius 1 is 1.19 bits per heavy atom. The molecule has 0 aromatic heterocycles. The molecule has 0 unspecified atom stereocenters. The zero-order valence-electron chi connectivity index (χ0n) is 8.80. The molecular weight excluding hydrogens is 215 g/mol. The Morgan fingerprint density at radius 2 is 1.94 bits per heavy atom. The molecule has 2 rings (SSSR count). The second-order valence-corrected chi connectivity index (χ2v) is 4.32. The van der Waals surface area contributed by atoms with Crippen LogP contribution in [0.25, 0.3) is 0 Å². The molecule has 1 saturated carbocycles. The van der Waals surface area contributed by atoms with Gasteiger partial charge in [-0.15, -0.1) is 0 Å². The van der Waals surface area contributed by atoms with E-state index < -0.39 is 11.7 Å². The van der Waals surface area contributed by atoms with Crippen molar-refractivity contribution in [3.8, 4) is 0 Å². The summed E-state index contributed by atoms with van der Waals surface area (Å²) < 4.78 is 37.6. The van der Waals surface area contributed by atoms with E-state index >= 15 is 0 Å². The molecule has 1 aromatic rings. The van der Waals surface area contributed by atoms with E-state index in [-0.39, 0.29) is 12.0 Å². The quantitative estimate of drug-likeness (QED) is 0.785. The molecule has 88 valence electrons. The third-order valence-corrected chi connectivity index (χ3v) is 3.21. The molecule has 0 aliphatic heterocycles. The Labute approximate surface area is 92.5 Å². The standard InChI is InChI=1S/C12H14F3N/c13-12(14,15)9-4-1-3-8(7-9)10-5-2-6-11(10)16/h1,3-4,7,10-11H,2,5-6,16H2/t10-,11-/m0/s1. The maximum atomic E-state index is 12.5. The fourth-order valence-corrected chi connectivity index (χ4v) is 2.35. The molecule has 0 saturated heterocycles. The lowest BCUT2D eigenvalue weighted by molar-refractivity contribution is -0.137. The summed E-state index contributed by atoms with van der Waals surface area (Å²) in [6, 6.07) is 5.54. The van der Waals surface area contributed by atoms with Gasteiger partial charge in [-0.3, -0.25) is 0 Å². The summed E-state index contributed by atoms with van der Waals surface area (Å²) >= 11 is 0. The van der Waals surface area contributed by atoms with Crippen LogP contribution >= 0.6 is 0 Å². The molecule has 4 heteroatoms. The molecule has 1 aromatic carbocycles. The molecule has 0 heterocycles. The molecule has 16 heavy (non-hydrogen) atoms. The van der Waals surface area contributed by atoms with Crippen molar-refractivity contribution in [1.82, 2.24) is 0 Å². The van der Waals surface area contributed by atoms with Crippen LogP contribution < -0.4 is 5.73 Å². The van der Waals surface area contributed by atoms with Crippen LogP contribution in [0.1, 0.15) is 36.3 Å². The maximum Gasteiger partial charge on any atom is 0.416 e. The molecule has 1 aliphatic rings. The monoisotopic (exact) mass is 229 g/mol. The van der Waals surface area contributed by atoms with E-state index in [1.165, 1.54) is 12.1 Å². The summed E-state index contributed by atoms with van der Waals surface area (Å²) in [5.41, 5.74) is 6.03. The van der Waals surface area contributed by atoms with Crippen LogP contribution in [0.3, 0.4) is 0 Å². The van der Waals surface area contributed by atoms with Crippen LogP contribution in [-0.2, 0) is 6.18 Å². The van der Waals surface area contributed by atoms with Crippen molar-refractivity contribution in [1.29, 1.82) is 0 Å². The highest BCUT2D eigenvalue weighted by molar-refractivity contribution is 5.29. The summed E-state index contributed by atoms with van der Waals surface area (Å²) in [6.45, 7) is 0. The number of hydrogen-bond acceptors (Lipinski definition) is 1. The average molecular weight is 229 g/mol. The third-order valence-electron chi connectivity index (χ3n) is 3.21. The van der Waals surface area contributed by atoms with Gasteiger partial charge in [0.15, 0.2) is 0 Å². The van der Waals surface area contributed by atoms with E-state index in [1.807, 2.05) is 0 Å². The summed E-state index contributed by atoms with van der Waals surface area (Å²) in [5.74, 6) is 0.0855. The molecule has 1 nitrogen and oxygen atoms in total. The van der Waals surface area contributed by atoms with Crippen molar-refractivity contribution < 1.29 is 13.2 Å². The zero-order valence-corrected chi connectivity index (χ0v) is 8.80. The van der Waals surface area contributed by atoms with Gasteiger partial charge in [-0.05, 0) is 30.4 Å². The largest absolute Gasteiger partial charge is 0.416 e. The van der Waals surface area contributed by atoms with Crippen LogP contribution in [-0.4, -0.2) is 6.04 Å². The average Bonchev–Trinajstić information content (AvgIpc) is 2.63. The van der Waals surface area contributed by atoms with Crippen molar-refractivity contribution in [2.75, 3.05) is 0 Å². The Morgan fingerprint density at radius 3 is 2.50 bits per heavy atom. The Balaban J connectivity index is 2.29. The van der Waals surface area contributed by atoms with Crippen LogP contribution in [0.4, 0.5) is 13.2 Å². The fourth-order valence-electron chi connectivity index (χ4n) is 2.35. The van der Waals surface area contributed by atoms with Gasteiger partial charge in [0.25, 0.3) is 0 Å². The SMILES string of the molecule is N[C@H]1CCC[C@H]1c1cccc(C(F)(F)F)c1. The third kappa shape index (κ3) is 2.21. The lowest BCUT2D eigenvalue weighted by atomic mass is 9.93. The van der Waals surface area contributed by atoms with Gasteiger partial charge in [0.2, 0.25) is 0 Å². The first-order valence-corrected chi connectivity index (χ1v) is 5.41. The highest BCUT2D eigenvalue weighted by Crippen LogP contribution is 2.36. The lowest BCUT2D eigenvalue weighted by Gasteiger charge is -2.17. The zero-order chi connectivity index (χ0) is 11.8. The molecule has 0 amide bonds. The van der Waals surface area contributed by atoms with Gasteiger partial charge in [0.05, 0.1) is 5.56 Å². The van der Waals surface area contributed by atoms with E-state index in [2.05, 4.69) is 0 Å². The molecule has 1 aliphatic carbocycles. The first-order valence-electron chi connectivity index (χ1n) is 5.41. The van der Waals surface area contributed by atoms with E-state index in [1.54, 1.807) is 6.07 Å². The number of nitrogens with two attached hydrogens (primary N) is 1. The van der Waals surface area contributed by atoms with Crippen molar-refractivity contribution in [3.05, 3.63) is 35.4 Å². The first-order chi connectivity index (χ1) is 7.48. The second kappa shape index (κ2) is 4.09. The normalized spacial score (nSPS) is 26.0. The summed E-state index contributed by atoms with van der Waals surface area (Å²) in [5, 5.41) is 0. The highest BCUT2D eigenvalue weighted by atomic mass is 19.4. The Bertz CT molecular complexity index is 373. The molecule has 0 bridgehead atoms. The van der Waals surface area contributed by atoms with Gasteiger partial charge in [-0.25, -0.2) is 0 Å². The van der Waals surface area contributed by atoms with Crippen LogP contribution in [0.5, 0.6) is 0 Å². The van der Waals surface area contributed by atoms with E-state index in [9.17, 15) is 13.2 Å². The van der Waals surface area contributed by atoms with Crippen molar-refractivity contribution >= 4 is 0 Å². The van der Waals surface area contributed by atoms with Gasteiger partial charge in [0.1, 0.15) is 0 Å². The number of alkyl halides is 3. The minimum Gasteiger partial charge on any atom is -0.327 e. The highest BCUT2D eigenvalue weighted by Gasteiger charge is 2.32. The minimum absolute atomic E-state index is 0.00323. The molecular formula is C12H14F3N. The predicted octanol–water partition coefficient (Wildman–Crippen LogP) is 3.30. The van der Waals surface area contributed by atoms with Gasteiger partial charge < -0.3 is 5.73 Å². The predicted molar refractivity (Wildman–Crippen MR) is 56.0 cm³/mol. The number of hydrogen-bond donors (Lipinski definition) is 1. The fraction of sp³-hybridized carbons (Fsp3) is 0.500. The molecule has 1 fully saturated rings. The second-order valence-electron chi connectivity index (χ2n) is 4.32. The summed E-state index contributed by atoms with van der Waals surface area (Å²) in [4.78, 5) is 0. The van der Waals surface area contributed by atoms with Crippen molar-refractivity contribution in [2.24, 2.45) is 5.73 Å². The van der Waals surface area contributed by atoms with Crippen LogP contribution in [0, 0.1) is 0 Å². The molecule has 2 atom stereocenters. The lowest BCUT2D eigenvalue weighted by Crippen LogP contribution is -2.23. The van der Waals surface area contributed by atoms with Crippen LogP contribution in [0.2, 0.25) is 0 Å². The number of halogens is 3. The Kier molecular flexibility index (Phi) is 2.93. The van der Waals surface area contributed by atoms with Crippen molar-refractivity contribution in [2.45, 2.75) is 37.4 Å². The Hall–Kier alpha value is -1.03. The number of rotatable bonds is 1.